The van der Waals surface area contributed by atoms with Crippen molar-refractivity contribution in [2.75, 3.05) is 18.6 Å². The van der Waals surface area contributed by atoms with E-state index in [9.17, 15) is 4.79 Å². The van der Waals surface area contributed by atoms with E-state index < -0.39 is 0 Å². The molecule has 0 fully saturated rings. The number of rotatable bonds is 3. The third-order valence-corrected chi connectivity index (χ3v) is 4.70. The Morgan fingerprint density at radius 3 is 2.62 bits per heavy atom. The summed E-state index contributed by atoms with van der Waals surface area (Å²) in [6.07, 6.45) is 4.36. The van der Waals surface area contributed by atoms with Crippen LogP contribution in [0, 0.1) is 6.92 Å². The van der Waals surface area contributed by atoms with E-state index in [4.69, 9.17) is 14.9 Å². The molecule has 150 valence electrons. The van der Waals surface area contributed by atoms with Crippen molar-refractivity contribution < 1.29 is 19.7 Å². The monoisotopic (exact) mass is 393 g/mol. The Bertz CT molecular complexity index is 1010. The van der Waals surface area contributed by atoms with E-state index in [1.165, 1.54) is 24.0 Å². The lowest BCUT2D eigenvalue weighted by Crippen LogP contribution is -2.27. The average molecular weight is 393 g/mol. The molecule has 7 nitrogen and oxygen atoms in total. The zero-order valence-corrected chi connectivity index (χ0v) is 16.4. The number of hydrogen-bond acceptors (Lipinski definition) is 6. The van der Waals surface area contributed by atoms with Gasteiger partial charge in [-0.2, -0.15) is 0 Å². The molecule has 0 unspecified atom stereocenters. The summed E-state index contributed by atoms with van der Waals surface area (Å²) in [7, 11) is 1.58. The van der Waals surface area contributed by atoms with Gasteiger partial charge in [-0.1, -0.05) is 12.1 Å². The number of hydrogen-bond donors (Lipinski definition) is 2. The van der Waals surface area contributed by atoms with Gasteiger partial charge in [0.05, 0.1) is 12.8 Å². The lowest BCUT2D eigenvalue weighted by molar-refractivity contribution is -0.107. The van der Waals surface area contributed by atoms with E-state index in [-0.39, 0.29) is 11.5 Å². The molecule has 7 heteroatoms. The van der Waals surface area contributed by atoms with Gasteiger partial charge in [0.1, 0.15) is 17.8 Å². The molecule has 2 N–H and O–H groups in total. The van der Waals surface area contributed by atoms with Crippen molar-refractivity contribution in [1.29, 1.82) is 0 Å². The summed E-state index contributed by atoms with van der Waals surface area (Å²) in [5.74, 6) is 0.773. The predicted octanol–water partition coefficient (Wildman–Crippen LogP) is 3.47. The molecule has 0 atom stereocenters. The summed E-state index contributed by atoms with van der Waals surface area (Å²) in [6, 6.07) is 12.4. The first-order chi connectivity index (χ1) is 14.0. The topological polar surface area (TPSA) is 95.8 Å². The number of nitrogens with zero attached hydrogens (tertiary/aromatic N) is 3. The zero-order valence-electron chi connectivity index (χ0n) is 16.4. The first-order valence-corrected chi connectivity index (χ1v) is 9.21. The lowest BCUT2D eigenvalue weighted by Gasteiger charge is -2.26. The second-order valence-corrected chi connectivity index (χ2v) is 6.66. The van der Waals surface area contributed by atoms with E-state index >= 15 is 0 Å². The quantitative estimate of drug-likeness (QED) is 0.662. The van der Waals surface area contributed by atoms with Gasteiger partial charge in [0.25, 0.3) is 0 Å². The number of benzene rings is 2. The first-order valence-electron chi connectivity index (χ1n) is 9.21. The van der Waals surface area contributed by atoms with Gasteiger partial charge in [-0.25, -0.2) is 9.97 Å². The number of aromatic nitrogens is 2. The number of amides is 1. The van der Waals surface area contributed by atoms with Crippen molar-refractivity contribution in [3.8, 4) is 28.6 Å². The molecule has 4 rings (SSSR count). The molecule has 1 amide bonds. The van der Waals surface area contributed by atoms with Crippen LogP contribution in [0.5, 0.6) is 17.4 Å². The number of carbonyl (C=O) groups is 1. The highest BCUT2D eigenvalue weighted by Gasteiger charge is 2.17. The lowest BCUT2D eigenvalue weighted by atomic mass is 9.98. The molecule has 0 aliphatic carbocycles. The summed E-state index contributed by atoms with van der Waals surface area (Å²) in [5.41, 5.74) is 4.78. The largest absolute Gasteiger partial charge is 0.508 e. The van der Waals surface area contributed by atoms with E-state index in [1.54, 1.807) is 25.0 Å². The fourth-order valence-electron chi connectivity index (χ4n) is 3.10. The molecule has 29 heavy (non-hydrogen) atoms. The molecule has 1 aliphatic rings. The number of aryl methyl sites for hydroxylation is 2. The molecular weight excluding hydrogens is 370 g/mol. The summed E-state index contributed by atoms with van der Waals surface area (Å²) in [6.45, 7) is 2.56. The fraction of sp³-hybridized carbons (Fsp3) is 0.227. The minimum Gasteiger partial charge on any atom is -0.508 e. The minimum atomic E-state index is 0.0955. The van der Waals surface area contributed by atoms with Crippen LogP contribution in [0.3, 0.4) is 0 Å². The maximum atomic E-state index is 11.0. The van der Waals surface area contributed by atoms with Crippen LogP contribution in [-0.2, 0) is 11.2 Å². The average Bonchev–Trinajstić information content (AvgIpc) is 2.76. The summed E-state index contributed by atoms with van der Waals surface area (Å²) in [5, 5.41) is 17.7. The Hall–Kier alpha value is -3.61. The Kier molecular flexibility index (Phi) is 6.29. The van der Waals surface area contributed by atoms with Crippen molar-refractivity contribution in [2.24, 2.45) is 0 Å². The van der Waals surface area contributed by atoms with Gasteiger partial charge in [-0.3, -0.25) is 4.79 Å². The van der Waals surface area contributed by atoms with Gasteiger partial charge in [-0.15, -0.1) is 0 Å². The van der Waals surface area contributed by atoms with E-state index in [2.05, 4.69) is 16.0 Å². The van der Waals surface area contributed by atoms with E-state index in [0.29, 0.717) is 5.88 Å². The molecule has 1 aliphatic heterocycles. The van der Waals surface area contributed by atoms with Crippen LogP contribution in [0.15, 0.2) is 48.8 Å². The molecule has 0 saturated carbocycles. The fourth-order valence-corrected chi connectivity index (χ4v) is 3.10. The summed E-state index contributed by atoms with van der Waals surface area (Å²) >= 11 is 0. The van der Waals surface area contributed by atoms with Crippen LogP contribution in [0.25, 0.3) is 11.3 Å². The highest BCUT2D eigenvalue weighted by molar-refractivity contribution is 5.80. The van der Waals surface area contributed by atoms with Crippen LogP contribution >= 0.6 is 0 Å². The van der Waals surface area contributed by atoms with Gasteiger partial charge >= 0.3 is 0 Å². The SMILES string of the molecule is COc1cc(-c2ccc3c(c2)CCCN3C=O)ncn1.Cc1ccc(O)cc1O. The molecule has 3 aromatic rings. The van der Waals surface area contributed by atoms with Crippen LogP contribution < -0.4 is 9.64 Å². The third-order valence-electron chi connectivity index (χ3n) is 4.70. The maximum Gasteiger partial charge on any atom is 0.216 e. The minimum absolute atomic E-state index is 0.0955. The molecule has 2 heterocycles. The number of ether oxygens (including phenoxy) is 1. The van der Waals surface area contributed by atoms with Gasteiger partial charge in [-0.05, 0) is 49.1 Å². The van der Waals surface area contributed by atoms with Crippen molar-refractivity contribution in [1.82, 2.24) is 9.97 Å². The van der Waals surface area contributed by atoms with Gasteiger partial charge in [0, 0.05) is 29.9 Å². The van der Waals surface area contributed by atoms with Crippen LogP contribution in [0.2, 0.25) is 0 Å². The number of anilines is 1. The van der Waals surface area contributed by atoms with Crippen LogP contribution in [-0.4, -0.2) is 40.2 Å². The maximum absolute atomic E-state index is 11.0. The summed E-state index contributed by atoms with van der Waals surface area (Å²) < 4.78 is 5.12. The Morgan fingerprint density at radius 2 is 1.93 bits per heavy atom. The third kappa shape index (κ3) is 4.82. The van der Waals surface area contributed by atoms with Crippen LogP contribution in [0.1, 0.15) is 17.5 Å². The van der Waals surface area contributed by atoms with E-state index in [0.717, 1.165) is 48.3 Å². The van der Waals surface area contributed by atoms with Crippen LogP contribution in [0.4, 0.5) is 5.69 Å². The Balaban J connectivity index is 0.000000224. The second kappa shape index (κ2) is 9.05. The highest BCUT2D eigenvalue weighted by Crippen LogP contribution is 2.30. The van der Waals surface area contributed by atoms with Crippen molar-refractivity contribution >= 4 is 12.1 Å². The molecule has 0 radical (unpaired) electrons. The predicted molar refractivity (Wildman–Crippen MR) is 110 cm³/mol. The highest BCUT2D eigenvalue weighted by atomic mass is 16.5. The Morgan fingerprint density at radius 1 is 1.10 bits per heavy atom. The van der Waals surface area contributed by atoms with E-state index in [1.807, 2.05) is 18.2 Å². The van der Waals surface area contributed by atoms with Gasteiger partial charge in [0.15, 0.2) is 0 Å². The number of phenols is 2. The van der Waals surface area contributed by atoms with Gasteiger partial charge < -0.3 is 19.8 Å². The first kappa shape index (κ1) is 20.1. The zero-order chi connectivity index (χ0) is 20.8. The molecule has 0 saturated heterocycles. The van der Waals surface area contributed by atoms with Crippen molar-refractivity contribution in [2.45, 2.75) is 19.8 Å². The molecule has 0 spiro atoms. The normalized spacial score (nSPS) is 12.4. The standard InChI is InChI=1S/C15H15N3O2.C7H8O2/c1-20-15-8-13(16-9-17-15)11-4-5-14-12(7-11)3-2-6-18(14)10-19;1-5-2-3-6(8)4-7(5)9/h4-5,7-10H,2-3,6H2,1H3;2-4,8-9H,1H3. The number of aromatic hydroxyl groups is 2. The number of fused-ring (bicyclic) bond motifs is 1. The number of carbonyl (C=O) groups excluding carboxylic acids is 1. The summed E-state index contributed by atoms with van der Waals surface area (Å²) in [4.78, 5) is 21.1. The van der Waals surface area contributed by atoms with Crippen molar-refractivity contribution in [3.05, 3.63) is 59.9 Å². The molecule has 2 aromatic carbocycles. The van der Waals surface area contributed by atoms with Gasteiger partial charge in [0.2, 0.25) is 12.3 Å². The number of phenolic OH excluding ortho intramolecular Hbond substituents is 2. The second-order valence-electron chi connectivity index (χ2n) is 6.66. The smallest absolute Gasteiger partial charge is 0.216 e. The Labute approximate surface area is 169 Å². The molecule has 0 bridgehead atoms. The molecular formula is C22H23N3O4. The van der Waals surface area contributed by atoms with Crippen molar-refractivity contribution in [3.63, 3.8) is 0 Å². The molecule has 1 aromatic heterocycles. The number of methoxy groups -OCH3 is 1.